The van der Waals surface area contributed by atoms with E-state index < -0.39 is 0 Å². The van der Waals surface area contributed by atoms with E-state index >= 15 is 0 Å². The fraction of sp³-hybridized carbons (Fsp3) is 0.733. The quantitative estimate of drug-likeness (QED) is 0.744. The molecule has 0 saturated carbocycles. The van der Waals surface area contributed by atoms with Crippen molar-refractivity contribution >= 4 is 11.7 Å². The largest absolute Gasteiger partial charge is 0.461 e. The first kappa shape index (κ1) is 16.5. The summed E-state index contributed by atoms with van der Waals surface area (Å²) in [5, 5.41) is 4.24. The van der Waals surface area contributed by atoms with Crippen molar-refractivity contribution in [3.63, 3.8) is 0 Å². The third-order valence-corrected chi connectivity index (χ3v) is 3.68. The van der Waals surface area contributed by atoms with Crippen molar-refractivity contribution in [1.82, 2.24) is 9.78 Å². The summed E-state index contributed by atoms with van der Waals surface area (Å²) in [6.07, 6.45) is 5.17. The Morgan fingerprint density at radius 1 is 1.40 bits per heavy atom. The highest BCUT2D eigenvalue weighted by atomic mass is 16.5. The van der Waals surface area contributed by atoms with E-state index in [4.69, 9.17) is 10.5 Å². The topological polar surface area (TPSA) is 70.1 Å². The smallest absolute Gasteiger partial charge is 0.358 e. The van der Waals surface area contributed by atoms with E-state index in [-0.39, 0.29) is 5.97 Å². The zero-order valence-electron chi connectivity index (χ0n) is 13.1. The average molecular weight is 281 g/mol. The number of unbranched alkanes of at least 4 members (excludes halogenated alkanes) is 1. The lowest BCUT2D eigenvalue weighted by molar-refractivity contribution is 0.0417. The molecule has 1 unspecified atom stereocenters. The highest BCUT2D eigenvalue weighted by molar-refractivity contribution is 5.93. The summed E-state index contributed by atoms with van der Waals surface area (Å²) >= 11 is 0. The molecule has 1 heterocycles. The number of nitrogen functional groups attached to an aromatic ring is 1. The molecule has 1 atom stereocenters. The molecule has 20 heavy (non-hydrogen) atoms. The molecular weight excluding hydrogens is 254 g/mol. The Morgan fingerprint density at radius 3 is 2.60 bits per heavy atom. The number of hydrogen-bond acceptors (Lipinski definition) is 4. The number of nitrogens with two attached hydrogens (primary N) is 1. The third-order valence-electron chi connectivity index (χ3n) is 3.68. The first-order valence-electron chi connectivity index (χ1n) is 7.53. The summed E-state index contributed by atoms with van der Waals surface area (Å²) in [6.45, 7) is 6.72. The second-order valence-electron chi connectivity index (χ2n) is 5.20. The molecule has 5 nitrogen and oxygen atoms in total. The Kier molecular flexibility index (Phi) is 6.55. The van der Waals surface area contributed by atoms with Crippen LogP contribution in [0.15, 0.2) is 0 Å². The van der Waals surface area contributed by atoms with Gasteiger partial charge in [-0.25, -0.2) is 4.79 Å². The fourth-order valence-electron chi connectivity index (χ4n) is 2.26. The van der Waals surface area contributed by atoms with Crippen molar-refractivity contribution in [2.75, 3.05) is 12.3 Å². The van der Waals surface area contributed by atoms with Gasteiger partial charge in [-0.05, 0) is 18.8 Å². The molecular formula is C15H27N3O2. The molecule has 0 aliphatic carbocycles. The number of carbonyl (C=O) groups is 1. The van der Waals surface area contributed by atoms with E-state index in [0.29, 0.717) is 30.3 Å². The second-order valence-corrected chi connectivity index (χ2v) is 5.20. The number of aromatic nitrogens is 2. The van der Waals surface area contributed by atoms with Gasteiger partial charge in [-0.1, -0.05) is 40.0 Å². The zero-order chi connectivity index (χ0) is 15.1. The van der Waals surface area contributed by atoms with Crippen LogP contribution in [-0.4, -0.2) is 22.4 Å². The van der Waals surface area contributed by atoms with Crippen LogP contribution in [0, 0.1) is 5.92 Å². The van der Waals surface area contributed by atoms with Crippen LogP contribution in [-0.2, 0) is 18.2 Å². The van der Waals surface area contributed by atoms with Gasteiger partial charge in [0.2, 0.25) is 0 Å². The molecule has 0 aliphatic rings. The Morgan fingerprint density at radius 2 is 2.10 bits per heavy atom. The summed E-state index contributed by atoms with van der Waals surface area (Å²) < 4.78 is 6.94. The van der Waals surface area contributed by atoms with Gasteiger partial charge in [-0.3, -0.25) is 4.68 Å². The molecule has 0 fully saturated rings. The van der Waals surface area contributed by atoms with Crippen molar-refractivity contribution in [1.29, 1.82) is 0 Å². The summed E-state index contributed by atoms with van der Waals surface area (Å²) in [4.78, 5) is 12.1. The van der Waals surface area contributed by atoms with Gasteiger partial charge >= 0.3 is 5.97 Å². The van der Waals surface area contributed by atoms with Crippen molar-refractivity contribution in [2.24, 2.45) is 13.0 Å². The summed E-state index contributed by atoms with van der Waals surface area (Å²) in [5.41, 5.74) is 7.51. The van der Waals surface area contributed by atoms with Crippen molar-refractivity contribution < 1.29 is 9.53 Å². The van der Waals surface area contributed by atoms with Gasteiger partial charge in [0.05, 0.1) is 18.0 Å². The average Bonchev–Trinajstić information content (AvgIpc) is 2.73. The Labute approximate surface area is 121 Å². The minimum atomic E-state index is -0.368. The van der Waals surface area contributed by atoms with E-state index in [2.05, 4.69) is 18.9 Å². The van der Waals surface area contributed by atoms with Crippen LogP contribution in [0.3, 0.4) is 0 Å². The number of nitrogens with zero attached hydrogens (tertiary/aromatic N) is 2. The maximum absolute atomic E-state index is 12.1. The first-order valence-corrected chi connectivity index (χ1v) is 7.53. The normalized spacial score (nSPS) is 12.4. The maximum Gasteiger partial charge on any atom is 0.358 e. The van der Waals surface area contributed by atoms with Gasteiger partial charge in [0, 0.05) is 7.05 Å². The standard InChI is InChI=1S/C15H27N3O2/c1-5-8-9-11(6-2)10-20-15(19)14-13(16)12(7-3)17-18(14)4/h11H,5-10,16H2,1-4H3. The van der Waals surface area contributed by atoms with Crippen LogP contribution < -0.4 is 5.73 Å². The number of hydrogen-bond donors (Lipinski definition) is 1. The number of anilines is 1. The molecule has 114 valence electrons. The number of esters is 1. The highest BCUT2D eigenvalue weighted by Gasteiger charge is 2.21. The minimum absolute atomic E-state index is 0.368. The predicted molar refractivity (Wildman–Crippen MR) is 80.6 cm³/mol. The van der Waals surface area contributed by atoms with Crippen LogP contribution >= 0.6 is 0 Å². The lowest BCUT2D eigenvalue weighted by Gasteiger charge is -2.14. The van der Waals surface area contributed by atoms with Gasteiger partial charge in [-0.15, -0.1) is 0 Å². The van der Waals surface area contributed by atoms with Gasteiger partial charge in [0.25, 0.3) is 0 Å². The Hall–Kier alpha value is -1.52. The first-order chi connectivity index (χ1) is 9.54. The lowest BCUT2D eigenvalue weighted by Crippen LogP contribution is -2.17. The number of aryl methyl sites for hydroxylation is 2. The van der Waals surface area contributed by atoms with Crippen LogP contribution in [0.2, 0.25) is 0 Å². The monoisotopic (exact) mass is 281 g/mol. The number of ether oxygens (including phenoxy) is 1. The summed E-state index contributed by atoms with van der Waals surface area (Å²) in [7, 11) is 1.72. The molecule has 0 saturated heterocycles. The minimum Gasteiger partial charge on any atom is -0.461 e. The second kappa shape index (κ2) is 7.92. The number of rotatable bonds is 8. The third kappa shape index (κ3) is 3.99. The van der Waals surface area contributed by atoms with Crippen molar-refractivity contribution in [3.05, 3.63) is 11.4 Å². The predicted octanol–water partition coefficient (Wildman–Crippen LogP) is 2.94. The van der Waals surface area contributed by atoms with E-state index in [1.807, 2.05) is 6.92 Å². The molecule has 0 aromatic carbocycles. The molecule has 0 amide bonds. The Balaban J connectivity index is 2.65. The molecule has 0 bridgehead atoms. The number of carbonyl (C=O) groups excluding carboxylic acids is 1. The molecule has 0 aliphatic heterocycles. The van der Waals surface area contributed by atoms with Gasteiger partial charge < -0.3 is 10.5 Å². The summed E-state index contributed by atoms with van der Waals surface area (Å²) in [6, 6.07) is 0. The van der Waals surface area contributed by atoms with Crippen LogP contribution in [0.5, 0.6) is 0 Å². The fourth-order valence-corrected chi connectivity index (χ4v) is 2.26. The van der Waals surface area contributed by atoms with Gasteiger partial charge in [0.1, 0.15) is 0 Å². The van der Waals surface area contributed by atoms with Crippen molar-refractivity contribution in [2.45, 2.75) is 52.9 Å². The highest BCUT2D eigenvalue weighted by Crippen LogP contribution is 2.19. The molecule has 2 N–H and O–H groups in total. The SMILES string of the molecule is CCCCC(CC)COC(=O)c1c(N)c(CC)nn1C. The molecule has 0 spiro atoms. The van der Waals surface area contributed by atoms with Crippen LogP contribution in [0.25, 0.3) is 0 Å². The maximum atomic E-state index is 12.1. The molecule has 0 radical (unpaired) electrons. The molecule has 1 rings (SSSR count). The van der Waals surface area contributed by atoms with Crippen molar-refractivity contribution in [3.8, 4) is 0 Å². The van der Waals surface area contributed by atoms with E-state index in [1.54, 1.807) is 7.05 Å². The van der Waals surface area contributed by atoms with E-state index in [9.17, 15) is 4.79 Å². The van der Waals surface area contributed by atoms with Gasteiger partial charge in [-0.2, -0.15) is 5.10 Å². The molecule has 5 heteroatoms. The molecule has 1 aromatic heterocycles. The zero-order valence-corrected chi connectivity index (χ0v) is 13.1. The van der Waals surface area contributed by atoms with Crippen LogP contribution in [0.1, 0.15) is 62.6 Å². The van der Waals surface area contributed by atoms with E-state index in [0.717, 1.165) is 18.5 Å². The Bertz CT molecular complexity index is 441. The van der Waals surface area contributed by atoms with Gasteiger partial charge in [0.15, 0.2) is 5.69 Å². The molecule has 1 aromatic rings. The summed E-state index contributed by atoms with van der Waals surface area (Å²) in [5.74, 6) is 0.0612. The van der Waals surface area contributed by atoms with E-state index in [1.165, 1.54) is 17.5 Å². The lowest BCUT2D eigenvalue weighted by atomic mass is 10.0. The van der Waals surface area contributed by atoms with Crippen LogP contribution in [0.4, 0.5) is 5.69 Å².